The molecule has 2 rings (SSSR count). The van der Waals surface area contributed by atoms with Crippen molar-refractivity contribution in [2.75, 3.05) is 0 Å². The number of rotatable bonds is 6. The van der Waals surface area contributed by atoms with Gasteiger partial charge < -0.3 is 5.11 Å². The summed E-state index contributed by atoms with van der Waals surface area (Å²) in [5, 5.41) is 12.4. The van der Waals surface area contributed by atoms with Crippen molar-refractivity contribution < 1.29 is 18.3 Å². The molecule has 1 aliphatic rings. The number of aromatic nitrogens is 2. The summed E-state index contributed by atoms with van der Waals surface area (Å²) < 4.78 is 28.1. The molecule has 0 bridgehead atoms. The predicted molar refractivity (Wildman–Crippen MR) is 67.0 cm³/mol. The Bertz CT molecular complexity index is 587. The molecule has 106 valence electrons. The van der Waals surface area contributed by atoms with E-state index in [0.717, 1.165) is 23.7 Å². The molecular formula is C11H17N3O4S. The number of hydrogen-bond donors (Lipinski definition) is 2. The lowest BCUT2D eigenvalue weighted by atomic mass is 10.0. The summed E-state index contributed by atoms with van der Waals surface area (Å²) >= 11 is 0. The normalized spacial score (nSPS) is 16.5. The van der Waals surface area contributed by atoms with Crippen LogP contribution in [0.3, 0.4) is 0 Å². The highest BCUT2D eigenvalue weighted by atomic mass is 32.2. The fourth-order valence-corrected chi connectivity index (χ4v) is 3.43. The van der Waals surface area contributed by atoms with E-state index < -0.39 is 21.5 Å². The maximum absolute atomic E-state index is 12.2. The number of nitrogens with zero attached hydrogens (tertiary/aromatic N) is 2. The fraction of sp³-hybridized carbons (Fsp3) is 0.636. The lowest BCUT2D eigenvalue weighted by Gasteiger charge is -2.25. The predicted octanol–water partition coefficient (Wildman–Crippen LogP) is 0.435. The number of carboxylic acids is 1. The van der Waals surface area contributed by atoms with Crippen molar-refractivity contribution in [1.29, 1.82) is 0 Å². The molecule has 1 aliphatic carbocycles. The number of nitrogens with one attached hydrogen (secondary N) is 1. The third-order valence-corrected chi connectivity index (χ3v) is 4.84. The third kappa shape index (κ3) is 3.32. The van der Waals surface area contributed by atoms with Gasteiger partial charge in [0.25, 0.3) is 0 Å². The number of carboxylic acid groups (broad SMARTS) is 1. The first-order valence-electron chi connectivity index (χ1n) is 5.99. The summed E-state index contributed by atoms with van der Waals surface area (Å²) in [6, 6.07) is 0. The van der Waals surface area contributed by atoms with Gasteiger partial charge in [-0.15, -0.1) is 0 Å². The molecule has 0 radical (unpaired) electrons. The number of hydrogen-bond acceptors (Lipinski definition) is 4. The highest BCUT2D eigenvalue weighted by Crippen LogP contribution is 2.39. The molecule has 0 aromatic carbocycles. The molecule has 0 spiro atoms. The van der Waals surface area contributed by atoms with Gasteiger partial charge in [-0.2, -0.15) is 5.10 Å². The zero-order valence-corrected chi connectivity index (χ0v) is 11.6. The van der Waals surface area contributed by atoms with Crippen LogP contribution in [-0.2, 0) is 21.4 Å². The van der Waals surface area contributed by atoms with Gasteiger partial charge in [-0.3, -0.25) is 9.48 Å². The summed E-state index contributed by atoms with van der Waals surface area (Å²) in [7, 11) is -3.66. The summed E-state index contributed by atoms with van der Waals surface area (Å²) in [5.74, 6) is -0.713. The van der Waals surface area contributed by atoms with Gasteiger partial charge in [0.1, 0.15) is 11.4 Å². The molecule has 2 N–H and O–H groups in total. The topological polar surface area (TPSA) is 101 Å². The highest BCUT2D eigenvalue weighted by molar-refractivity contribution is 7.89. The Balaban J connectivity index is 2.15. The van der Waals surface area contributed by atoms with E-state index in [1.54, 1.807) is 0 Å². The quantitative estimate of drug-likeness (QED) is 0.790. The Hall–Kier alpha value is -1.41. The molecule has 1 saturated carbocycles. The van der Waals surface area contributed by atoms with Crippen LogP contribution in [0.4, 0.5) is 0 Å². The van der Waals surface area contributed by atoms with E-state index >= 15 is 0 Å². The van der Waals surface area contributed by atoms with E-state index in [9.17, 15) is 13.2 Å². The lowest BCUT2D eigenvalue weighted by molar-refractivity contribution is -0.137. The molecular weight excluding hydrogens is 270 g/mol. The third-order valence-electron chi connectivity index (χ3n) is 3.21. The van der Waals surface area contributed by atoms with Gasteiger partial charge in [0.15, 0.2) is 0 Å². The van der Waals surface area contributed by atoms with Gasteiger partial charge in [-0.05, 0) is 32.6 Å². The maximum atomic E-state index is 12.2. The van der Waals surface area contributed by atoms with Crippen molar-refractivity contribution >= 4 is 16.0 Å². The van der Waals surface area contributed by atoms with E-state index in [-0.39, 0.29) is 11.4 Å². The molecule has 19 heavy (non-hydrogen) atoms. The molecule has 1 aromatic rings. The van der Waals surface area contributed by atoms with Crippen LogP contribution in [-0.4, -0.2) is 34.8 Å². The van der Waals surface area contributed by atoms with Crippen molar-refractivity contribution in [2.45, 2.75) is 43.7 Å². The van der Waals surface area contributed by atoms with Crippen LogP contribution in [0.1, 0.15) is 26.7 Å². The summed E-state index contributed by atoms with van der Waals surface area (Å²) in [6.45, 7) is 3.34. The van der Waals surface area contributed by atoms with Gasteiger partial charge in [0, 0.05) is 11.7 Å². The zero-order chi connectivity index (χ0) is 14.3. The zero-order valence-electron chi connectivity index (χ0n) is 10.8. The smallest absolute Gasteiger partial charge is 0.325 e. The second kappa shape index (κ2) is 4.61. The largest absolute Gasteiger partial charge is 0.480 e. The van der Waals surface area contributed by atoms with Crippen LogP contribution in [0.25, 0.3) is 0 Å². The molecule has 0 amide bonds. The summed E-state index contributed by atoms with van der Waals surface area (Å²) in [5.41, 5.74) is -0.492. The first-order valence-corrected chi connectivity index (χ1v) is 7.47. The maximum Gasteiger partial charge on any atom is 0.325 e. The molecule has 1 fully saturated rings. The second-order valence-electron chi connectivity index (χ2n) is 5.37. The van der Waals surface area contributed by atoms with Crippen molar-refractivity contribution in [3.05, 3.63) is 12.4 Å². The van der Waals surface area contributed by atoms with Crippen LogP contribution in [0.5, 0.6) is 0 Å². The van der Waals surface area contributed by atoms with Gasteiger partial charge in [0.2, 0.25) is 10.0 Å². The minimum Gasteiger partial charge on any atom is -0.480 e. The molecule has 0 saturated heterocycles. The Morgan fingerprint density at radius 1 is 1.58 bits per heavy atom. The van der Waals surface area contributed by atoms with Crippen LogP contribution in [0.15, 0.2) is 17.3 Å². The van der Waals surface area contributed by atoms with Gasteiger partial charge in [-0.25, -0.2) is 13.1 Å². The summed E-state index contributed by atoms with van der Waals surface area (Å²) in [4.78, 5) is 10.5. The molecule has 8 heteroatoms. The average molecular weight is 287 g/mol. The molecule has 1 heterocycles. The molecule has 0 unspecified atom stereocenters. The molecule has 7 nitrogen and oxygen atoms in total. The first-order chi connectivity index (χ1) is 8.71. The molecule has 0 aliphatic heterocycles. The van der Waals surface area contributed by atoms with Crippen LogP contribution in [0.2, 0.25) is 0 Å². The van der Waals surface area contributed by atoms with Gasteiger partial charge >= 0.3 is 5.97 Å². The molecule has 0 atom stereocenters. The number of aliphatic carboxylic acids is 1. The van der Waals surface area contributed by atoms with E-state index in [2.05, 4.69) is 9.82 Å². The van der Waals surface area contributed by atoms with Crippen LogP contribution in [0, 0.1) is 5.92 Å². The van der Waals surface area contributed by atoms with Gasteiger partial charge in [-0.1, -0.05) is 0 Å². The Labute approximate surface area is 111 Å². The summed E-state index contributed by atoms with van der Waals surface area (Å²) in [6.07, 6.45) is 4.43. The van der Waals surface area contributed by atoms with Crippen molar-refractivity contribution in [3.8, 4) is 0 Å². The fourth-order valence-electron chi connectivity index (χ4n) is 2.00. The Kier molecular flexibility index (Phi) is 3.40. The highest BCUT2D eigenvalue weighted by Gasteiger charge is 2.40. The Morgan fingerprint density at radius 2 is 2.21 bits per heavy atom. The van der Waals surface area contributed by atoms with E-state index in [4.69, 9.17) is 5.11 Å². The Morgan fingerprint density at radius 3 is 2.74 bits per heavy atom. The SMILES string of the molecule is CC(C)(NS(=O)(=O)c1cnn(CC(=O)O)c1)C1CC1. The van der Waals surface area contributed by atoms with E-state index in [0.29, 0.717) is 5.92 Å². The molecule has 1 aromatic heterocycles. The monoisotopic (exact) mass is 287 g/mol. The van der Waals surface area contributed by atoms with Crippen molar-refractivity contribution in [3.63, 3.8) is 0 Å². The standard InChI is InChI=1S/C11H17N3O4S/c1-11(2,8-3-4-8)13-19(17,18)9-5-12-14(6-9)7-10(15)16/h5-6,8,13H,3-4,7H2,1-2H3,(H,15,16). The van der Waals surface area contributed by atoms with Crippen molar-refractivity contribution in [2.24, 2.45) is 5.92 Å². The van der Waals surface area contributed by atoms with Gasteiger partial charge in [0.05, 0.1) is 6.20 Å². The average Bonchev–Trinajstić information content (AvgIpc) is 2.99. The minimum absolute atomic E-state index is 0.0116. The second-order valence-corrected chi connectivity index (χ2v) is 7.05. The van der Waals surface area contributed by atoms with Crippen LogP contribution < -0.4 is 4.72 Å². The number of carbonyl (C=O) groups is 1. The minimum atomic E-state index is -3.66. The van der Waals surface area contributed by atoms with Crippen LogP contribution >= 0.6 is 0 Å². The van der Waals surface area contributed by atoms with E-state index in [1.165, 1.54) is 6.20 Å². The number of sulfonamides is 1. The first kappa shape index (κ1) is 14.0. The van der Waals surface area contributed by atoms with Crippen molar-refractivity contribution in [1.82, 2.24) is 14.5 Å². The van der Waals surface area contributed by atoms with E-state index in [1.807, 2.05) is 13.8 Å². The lowest BCUT2D eigenvalue weighted by Crippen LogP contribution is -2.44.